The molecule has 0 spiro atoms. The van der Waals surface area contributed by atoms with Gasteiger partial charge < -0.3 is 18.9 Å². The van der Waals surface area contributed by atoms with Gasteiger partial charge in [0.1, 0.15) is 0 Å². The molecule has 6 nitrogen and oxygen atoms in total. The van der Waals surface area contributed by atoms with Gasteiger partial charge in [0, 0.05) is 39.3 Å². The van der Waals surface area contributed by atoms with Gasteiger partial charge in [-0.3, -0.25) is 9.80 Å². The Morgan fingerprint density at radius 1 is 0.533 bits per heavy atom. The smallest absolute Gasteiger partial charge is 0.0936 e. The molecular formula is C24H42N2O4. The molecule has 1 aliphatic carbocycles. The summed E-state index contributed by atoms with van der Waals surface area (Å²) in [6, 6.07) is 0. The summed E-state index contributed by atoms with van der Waals surface area (Å²) < 4.78 is 22.2. The Bertz CT molecular complexity index is 471. The van der Waals surface area contributed by atoms with Crippen molar-refractivity contribution in [1.29, 1.82) is 0 Å². The van der Waals surface area contributed by atoms with Gasteiger partial charge in [-0.25, -0.2) is 0 Å². The highest BCUT2D eigenvalue weighted by Crippen LogP contribution is 2.43. The van der Waals surface area contributed by atoms with E-state index in [0.717, 1.165) is 76.3 Å². The molecule has 4 aliphatic heterocycles. The van der Waals surface area contributed by atoms with Gasteiger partial charge in [0.05, 0.1) is 50.8 Å². The average molecular weight is 423 g/mol. The molecule has 4 saturated heterocycles. The third kappa shape index (κ3) is 6.17. The number of hydrogen-bond donors (Lipinski definition) is 0. The van der Waals surface area contributed by atoms with Crippen LogP contribution in [0.4, 0.5) is 0 Å². The van der Waals surface area contributed by atoms with Crippen LogP contribution in [-0.4, -0.2) is 99.9 Å². The molecule has 0 aromatic rings. The van der Waals surface area contributed by atoms with Crippen LogP contribution in [0.2, 0.25) is 0 Å². The van der Waals surface area contributed by atoms with Crippen LogP contribution < -0.4 is 0 Å². The van der Waals surface area contributed by atoms with Crippen molar-refractivity contribution >= 4 is 0 Å². The Balaban J connectivity index is 1.19. The predicted octanol–water partition coefficient (Wildman–Crippen LogP) is 2.26. The fraction of sp³-hybridized carbons (Fsp3) is 1.00. The minimum absolute atomic E-state index is 0.477. The zero-order chi connectivity index (χ0) is 20.5. The van der Waals surface area contributed by atoms with Crippen LogP contribution in [0.25, 0.3) is 0 Å². The van der Waals surface area contributed by atoms with Crippen LogP contribution in [0.15, 0.2) is 0 Å². The highest BCUT2D eigenvalue weighted by Gasteiger charge is 2.41. The summed E-state index contributed by atoms with van der Waals surface area (Å²) in [7, 11) is 0. The van der Waals surface area contributed by atoms with Gasteiger partial charge in [0.25, 0.3) is 0 Å². The van der Waals surface area contributed by atoms with E-state index in [-0.39, 0.29) is 0 Å². The van der Waals surface area contributed by atoms with E-state index in [4.69, 9.17) is 18.9 Å². The maximum Gasteiger partial charge on any atom is 0.0936 e. The number of epoxide rings is 4. The first-order chi connectivity index (χ1) is 14.7. The third-order valence-electron chi connectivity index (χ3n) is 8.05. The van der Waals surface area contributed by atoms with Gasteiger partial charge in [-0.1, -0.05) is 26.7 Å². The fourth-order valence-electron chi connectivity index (χ4n) is 6.24. The largest absolute Gasteiger partial charge is 0.372 e. The summed E-state index contributed by atoms with van der Waals surface area (Å²) in [4.78, 5) is 5.33. The zero-order valence-electron chi connectivity index (χ0n) is 19.0. The SMILES string of the molecule is CCC1C(CN(CC2CO2)CC2CO2)CCC(CN(CC2CO2)CC2CO2)C1CC. The Hall–Kier alpha value is -0.240. The molecule has 0 aromatic heterocycles. The second-order valence-electron chi connectivity index (χ2n) is 10.5. The third-order valence-corrected chi connectivity index (χ3v) is 8.05. The summed E-state index contributed by atoms with van der Waals surface area (Å²) in [5, 5.41) is 0. The molecule has 0 N–H and O–H groups in total. The molecule has 8 atom stereocenters. The first kappa shape index (κ1) is 21.6. The minimum Gasteiger partial charge on any atom is -0.372 e. The Labute approximate surface area is 182 Å². The van der Waals surface area contributed by atoms with E-state index in [1.807, 2.05) is 0 Å². The number of ether oxygens (including phenoxy) is 4. The van der Waals surface area contributed by atoms with E-state index in [2.05, 4.69) is 23.6 Å². The monoisotopic (exact) mass is 422 g/mol. The molecule has 5 aliphatic rings. The molecule has 30 heavy (non-hydrogen) atoms. The van der Waals surface area contributed by atoms with E-state index in [0.29, 0.717) is 24.4 Å². The molecule has 0 aromatic carbocycles. The summed E-state index contributed by atoms with van der Waals surface area (Å²) in [5.41, 5.74) is 0. The number of rotatable bonds is 14. The minimum atomic E-state index is 0.477. The maximum atomic E-state index is 5.55. The maximum absolute atomic E-state index is 5.55. The molecule has 0 amide bonds. The Morgan fingerprint density at radius 3 is 1.07 bits per heavy atom. The molecule has 0 radical (unpaired) electrons. The highest BCUT2D eigenvalue weighted by molar-refractivity contribution is 4.92. The summed E-state index contributed by atoms with van der Waals surface area (Å²) >= 11 is 0. The molecule has 5 fully saturated rings. The van der Waals surface area contributed by atoms with E-state index >= 15 is 0 Å². The molecule has 4 heterocycles. The highest BCUT2D eigenvalue weighted by atomic mass is 16.6. The van der Waals surface area contributed by atoms with Crippen molar-refractivity contribution in [1.82, 2.24) is 9.80 Å². The van der Waals surface area contributed by atoms with Gasteiger partial charge in [-0.05, 0) is 36.5 Å². The zero-order valence-corrected chi connectivity index (χ0v) is 19.0. The van der Waals surface area contributed by atoms with Crippen molar-refractivity contribution in [2.24, 2.45) is 23.7 Å². The molecular weight excluding hydrogens is 380 g/mol. The standard InChI is InChI=1S/C24H42N2O4/c1-3-23-17(7-25(9-19-13-27-19)10-20-14-28-20)5-6-18(24(23)4-2)8-26(11-21-15-29-21)12-22-16-30-22/h17-24H,3-16H2,1-2H3. The van der Waals surface area contributed by atoms with Crippen LogP contribution in [-0.2, 0) is 18.9 Å². The van der Waals surface area contributed by atoms with E-state index in [9.17, 15) is 0 Å². The van der Waals surface area contributed by atoms with Crippen molar-refractivity contribution in [3.05, 3.63) is 0 Å². The lowest BCUT2D eigenvalue weighted by Gasteiger charge is -2.46. The lowest BCUT2D eigenvalue weighted by molar-refractivity contribution is 0.0328. The Kier molecular flexibility index (Phi) is 6.99. The van der Waals surface area contributed by atoms with Crippen molar-refractivity contribution < 1.29 is 18.9 Å². The van der Waals surface area contributed by atoms with Gasteiger partial charge in [-0.2, -0.15) is 0 Å². The summed E-state index contributed by atoms with van der Waals surface area (Å²) in [6.45, 7) is 15.5. The van der Waals surface area contributed by atoms with E-state index < -0.39 is 0 Å². The lowest BCUT2D eigenvalue weighted by Crippen LogP contribution is -2.46. The summed E-state index contributed by atoms with van der Waals surface area (Å²) in [5.74, 6) is 3.32. The first-order valence-corrected chi connectivity index (χ1v) is 12.6. The Morgan fingerprint density at radius 2 is 0.833 bits per heavy atom. The first-order valence-electron chi connectivity index (χ1n) is 12.6. The quantitative estimate of drug-likeness (QED) is 0.400. The van der Waals surface area contributed by atoms with Crippen molar-refractivity contribution in [3.63, 3.8) is 0 Å². The van der Waals surface area contributed by atoms with E-state index in [1.54, 1.807) is 0 Å². The molecule has 8 unspecified atom stereocenters. The van der Waals surface area contributed by atoms with Crippen LogP contribution in [0.5, 0.6) is 0 Å². The number of nitrogens with zero attached hydrogens (tertiary/aromatic N) is 2. The van der Waals surface area contributed by atoms with Crippen molar-refractivity contribution in [2.45, 2.75) is 63.9 Å². The summed E-state index contributed by atoms with van der Waals surface area (Å²) in [6.07, 6.45) is 7.28. The fourth-order valence-corrected chi connectivity index (χ4v) is 6.24. The van der Waals surface area contributed by atoms with Crippen LogP contribution in [0.3, 0.4) is 0 Å². The van der Waals surface area contributed by atoms with Crippen LogP contribution >= 0.6 is 0 Å². The second-order valence-corrected chi connectivity index (χ2v) is 10.5. The van der Waals surface area contributed by atoms with Gasteiger partial charge in [0.2, 0.25) is 0 Å². The van der Waals surface area contributed by atoms with Crippen LogP contribution in [0, 0.1) is 23.7 Å². The second kappa shape index (κ2) is 9.72. The van der Waals surface area contributed by atoms with Gasteiger partial charge in [0.15, 0.2) is 0 Å². The number of hydrogen-bond acceptors (Lipinski definition) is 6. The predicted molar refractivity (Wildman–Crippen MR) is 116 cm³/mol. The molecule has 6 heteroatoms. The normalized spacial score (nSPS) is 42.0. The average Bonchev–Trinajstić information content (AvgIpc) is 3.54. The van der Waals surface area contributed by atoms with Crippen molar-refractivity contribution in [3.8, 4) is 0 Å². The van der Waals surface area contributed by atoms with Gasteiger partial charge in [-0.15, -0.1) is 0 Å². The van der Waals surface area contributed by atoms with Gasteiger partial charge >= 0.3 is 0 Å². The van der Waals surface area contributed by atoms with Crippen LogP contribution in [0.1, 0.15) is 39.5 Å². The molecule has 5 rings (SSSR count). The molecule has 0 bridgehead atoms. The van der Waals surface area contributed by atoms with Crippen molar-refractivity contribution in [2.75, 3.05) is 65.7 Å². The topological polar surface area (TPSA) is 56.6 Å². The molecule has 1 saturated carbocycles. The molecule has 172 valence electrons. The van der Waals surface area contributed by atoms with E-state index in [1.165, 1.54) is 38.8 Å². The lowest BCUT2D eigenvalue weighted by atomic mass is 9.64.